The molecule has 1 aromatic carbocycles. The summed E-state index contributed by atoms with van der Waals surface area (Å²) in [7, 11) is 0. The molecule has 0 radical (unpaired) electrons. The number of benzene rings is 1. The monoisotopic (exact) mass is 408 g/mol. The van der Waals surface area contributed by atoms with Crippen molar-refractivity contribution in [2.24, 2.45) is 5.92 Å². The maximum absolute atomic E-state index is 14.4. The van der Waals surface area contributed by atoms with Crippen LogP contribution >= 0.6 is 0 Å². The predicted molar refractivity (Wildman–Crippen MR) is 92.0 cm³/mol. The van der Waals surface area contributed by atoms with E-state index in [4.69, 9.17) is 9.15 Å². The van der Waals surface area contributed by atoms with E-state index in [1.165, 1.54) is 30.6 Å². The van der Waals surface area contributed by atoms with Gasteiger partial charge in [-0.05, 0) is 25.0 Å². The molecule has 1 fully saturated rings. The first-order valence-electron chi connectivity index (χ1n) is 9.07. The number of rotatable bonds is 6. The van der Waals surface area contributed by atoms with E-state index < -0.39 is 30.1 Å². The molecule has 0 saturated heterocycles. The molecule has 6 nitrogen and oxygen atoms in total. The zero-order valence-corrected chi connectivity index (χ0v) is 15.1. The van der Waals surface area contributed by atoms with Gasteiger partial charge in [0.2, 0.25) is 0 Å². The van der Waals surface area contributed by atoms with Crippen molar-refractivity contribution >= 4 is 0 Å². The fourth-order valence-corrected chi connectivity index (χ4v) is 3.47. The van der Waals surface area contributed by atoms with Crippen molar-refractivity contribution in [2.75, 3.05) is 0 Å². The summed E-state index contributed by atoms with van der Waals surface area (Å²) in [6.45, 7) is 0. The second-order valence-corrected chi connectivity index (χ2v) is 6.72. The summed E-state index contributed by atoms with van der Waals surface area (Å²) < 4.78 is 64.5. The quantitative estimate of drug-likeness (QED) is 0.531. The molecular formula is C19H16F4N4O2. The molecule has 152 valence electrons. The van der Waals surface area contributed by atoms with E-state index in [0.717, 1.165) is 25.7 Å². The van der Waals surface area contributed by atoms with Crippen LogP contribution in [0.4, 0.5) is 17.6 Å². The molecule has 2 aromatic heterocycles. The Kier molecular flexibility index (Phi) is 5.41. The van der Waals surface area contributed by atoms with Gasteiger partial charge in [0.05, 0.1) is 11.1 Å². The minimum atomic E-state index is -2.89. The maximum atomic E-state index is 14.4. The van der Waals surface area contributed by atoms with Gasteiger partial charge in [-0.3, -0.25) is 0 Å². The Balaban J connectivity index is 1.59. The first-order valence-corrected chi connectivity index (χ1v) is 9.07. The van der Waals surface area contributed by atoms with Crippen LogP contribution in [0.25, 0.3) is 11.5 Å². The van der Waals surface area contributed by atoms with Gasteiger partial charge in [-0.2, -0.15) is 8.78 Å². The Hall–Kier alpha value is -3.04. The average molecular weight is 408 g/mol. The van der Waals surface area contributed by atoms with Crippen LogP contribution < -0.4 is 4.74 Å². The summed E-state index contributed by atoms with van der Waals surface area (Å²) >= 11 is 0. The lowest BCUT2D eigenvalue weighted by Gasteiger charge is -2.24. The topological polar surface area (TPSA) is 73.9 Å². The molecule has 1 aliphatic carbocycles. The minimum absolute atomic E-state index is 0.0748. The van der Waals surface area contributed by atoms with Crippen LogP contribution in [0.5, 0.6) is 6.01 Å². The highest BCUT2D eigenvalue weighted by atomic mass is 19.3. The molecular weight excluding hydrogens is 392 g/mol. The number of nitrogens with zero attached hydrogens (tertiary/aromatic N) is 4. The van der Waals surface area contributed by atoms with Gasteiger partial charge < -0.3 is 9.15 Å². The van der Waals surface area contributed by atoms with Gasteiger partial charge in [-0.15, -0.1) is 10.2 Å². The largest absolute Gasteiger partial charge is 0.455 e. The van der Waals surface area contributed by atoms with E-state index in [2.05, 4.69) is 20.2 Å². The molecule has 0 amide bonds. The molecule has 1 unspecified atom stereocenters. The molecule has 1 atom stereocenters. The van der Waals surface area contributed by atoms with E-state index in [-0.39, 0.29) is 28.9 Å². The van der Waals surface area contributed by atoms with Crippen molar-refractivity contribution in [3.05, 3.63) is 53.7 Å². The molecule has 10 heteroatoms. The van der Waals surface area contributed by atoms with E-state index in [1.54, 1.807) is 0 Å². The predicted octanol–water partition coefficient (Wildman–Crippen LogP) is 5.05. The molecule has 0 spiro atoms. The number of hydrogen-bond donors (Lipinski definition) is 0. The summed E-state index contributed by atoms with van der Waals surface area (Å²) in [6, 6.07) is 3.57. The van der Waals surface area contributed by atoms with Crippen LogP contribution in [0.3, 0.4) is 0 Å². The summed E-state index contributed by atoms with van der Waals surface area (Å²) in [5.41, 5.74) is 0.0665. The van der Waals surface area contributed by atoms with Crippen LogP contribution in [0, 0.1) is 17.6 Å². The summed E-state index contributed by atoms with van der Waals surface area (Å²) in [5.74, 6) is -2.43. The van der Waals surface area contributed by atoms with Gasteiger partial charge in [0.25, 0.3) is 11.8 Å². The number of halogens is 4. The standard InChI is InChI=1S/C19H16F4N4O2/c20-12-6-3-7-13(21)14(12)15(10-4-1-2-5-10)28-19-24-8-11(9-25-19)17-26-27-18(29-17)16(22)23/h3,6-10,15-16H,1-2,4-5H2. The Morgan fingerprint density at radius 1 is 1.00 bits per heavy atom. The highest BCUT2D eigenvalue weighted by Crippen LogP contribution is 2.40. The number of hydrogen-bond acceptors (Lipinski definition) is 6. The first-order chi connectivity index (χ1) is 14.0. The normalized spacial score (nSPS) is 15.8. The SMILES string of the molecule is Fc1cccc(F)c1C(Oc1ncc(-c2nnc(C(F)F)o2)cn1)C1CCCC1. The Bertz CT molecular complexity index is 954. The number of ether oxygens (including phenoxy) is 1. The van der Waals surface area contributed by atoms with Crippen LogP contribution in [0.15, 0.2) is 35.0 Å². The zero-order valence-electron chi connectivity index (χ0n) is 15.1. The van der Waals surface area contributed by atoms with E-state index in [0.29, 0.717) is 0 Å². The van der Waals surface area contributed by atoms with Crippen LogP contribution in [-0.4, -0.2) is 20.2 Å². The van der Waals surface area contributed by atoms with Gasteiger partial charge in [0.15, 0.2) is 0 Å². The van der Waals surface area contributed by atoms with Crippen LogP contribution in [-0.2, 0) is 0 Å². The van der Waals surface area contributed by atoms with Gasteiger partial charge in [-0.25, -0.2) is 18.7 Å². The third-order valence-electron chi connectivity index (χ3n) is 4.85. The van der Waals surface area contributed by atoms with Crippen molar-refractivity contribution in [1.29, 1.82) is 0 Å². The third kappa shape index (κ3) is 4.06. The molecule has 1 aliphatic rings. The first kappa shape index (κ1) is 19.3. The average Bonchev–Trinajstić information content (AvgIpc) is 3.40. The lowest BCUT2D eigenvalue weighted by atomic mass is 9.93. The lowest BCUT2D eigenvalue weighted by molar-refractivity contribution is 0.115. The molecule has 3 aromatic rings. The summed E-state index contributed by atoms with van der Waals surface area (Å²) in [6.07, 6.45) is 2.20. The molecule has 0 N–H and O–H groups in total. The summed E-state index contributed by atoms with van der Waals surface area (Å²) in [5, 5.41) is 6.75. The Morgan fingerprint density at radius 3 is 2.24 bits per heavy atom. The smallest absolute Gasteiger partial charge is 0.316 e. The van der Waals surface area contributed by atoms with Crippen molar-refractivity contribution < 1.29 is 26.7 Å². The van der Waals surface area contributed by atoms with Gasteiger partial charge in [0, 0.05) is 18.3 Å². The minimum Gasteiger partial charge on any atom is -0.455 e. The number of aromatic nitrogens is 4. The Morgan fingerprint density at radius 2 is 1.66 bits per heavy atom. The fraction of sp³-hybridized carbons (Fsp3) is 0.368. The van der Waals surface area contributed by atoms with Crippen molar-refractivity contribution in [2.45, 2.75) is 38.2 Å². The van der Waals surface area contributed by atoms with Gasteiger partial charge in [0.1, 0.15) is 17.7 Å². The van der Waals surface area contributed by atoms with Crippen molar-refractivity contribution in [3.8, 4) is 17.5 Å². The molecule has 4 rings (SSSR count). The second-order valence-electron chi connectivity index (χ2n) is 6.72. The van der Waals surface area contributed by atoms with Crippen molar-refractivity contribution in [1.82, 2.24) is 20.2 Å². The molecule has 2 heterocycles. The highest BCUT2D eigenvalue weighted by molar-refractivity contribution is 5.49. The van der Waals surface area contributed by atoms with E-state index in [1.807, 2.05) is 0 Å². The molecule has 29 heavy (non-hydrogen) atoms. The van der Waals surface area contributed by atoms with E-state index >= 15 is 0 Å². The fourth-order valence-electron chi connectivity index (χ4n) is 3.47. The number of alkyl halides is 2. The highest BCUT2D eigenvalue weighted by Gasteiger charge is 2.33. The van der Waals surface area contributed by atoms with Gasteiger partial charge in [-0.1, -0.05) is 18.9 Å². The second kappa shape index (κ2) is 8.14. The molecule has 1 saturated carbocycles. The lowest BCUT2D eigenvalue weighted by Crippen LogP contribution is -2.20. The van der Waals surface area contributed by atoms with Crippen LogP contribution in [0.1, 0.15) is 49.7 Å². The van der Waals surface area contributed by atoms with Crippen LogP contribution in [0.2, 0.25) is 0 Å². The van der Waals surface area contributed by atoms with Crippen molar-refractivity contribution in [3.63, 3.8) is 0 Å². The van der Waals surface area contributed by atoms with E-state index in [9.17, 15) is 17.6 Å². The Labute approximate surface area is 163 Å². The zero-order chi connectivity index (χ0) is 20.4. The molecule has 0 bridgehead atoms. The summed E-state index contributed by atoms with van der Waals surface area (Å²) in [4.78, 5) is 8.02. The molecule has 0 aliphatic heterocycles. The maximum Gasteiger partial charge on any atom is 0.316 e. The third-order valence-corrected chi connectivity index (χ3v) is 4.85. The van der Waals surface area contributed by atoms with Gasteiger partial charge >= 0.3 is 12.4 Å².